The summed E-state index contributed by atoms with van der Waals surface area (Å²) in [7, 11) is -1.05. The lowest BCUT2D eigenvalue weighted by Crippen LogP contribution is -2.37. The quantitative estimate of drug-likeness (QED) is 0.715. The largest absolute Gasteiger partial charge is 0.457 e. The van der Waals surface area contributed by atoms with Crippen LogP contribution in [0.15, 0.2) is 22.5 Å². The van der Waals surface area contributed by atoms with Crippen LogP contribution in [0.25, 0.3) is 0 Å². The Bertz CT molecular complexity index is 642. The molecule has 1 aliphatic heterocycles. The van der Waals surface area contributed by atoms with Gasteiger partial charge in [0, 0.05) is 40.1 Å². The van der Waals surface area contributed by atoms with E-state index >= 15 is 0 Å². The lowest BCUT2D eigenvalue weighted by atomic mass is 9.83. The molecule has 0 saturated heterocycles. The Morgan fingerprint density at radius 1 is 0.926 bits per heavy atom. The third-order valence-electron chi connectivity index (χ3n) is 3.81. The first-order valence-corrected chi connectivity index (χ1v) is 10.8. The maximum atomic E-state index is 12.9. The number of hydrogen-bond acceptors (Lipinski definition) is 6. The van der Waals surface area contributed by atoms with Crippen molar-refractivity contribution in [3.63, 3.8) is 0 Å². The molecule has 0 aromatic rings. The Morgan fingerprint density at radius 3 is 1.59 bits per heavy atom. The second kappa shape index (κ2) is 8.59. The smallest absolute Gasteiger partial charge is 0.336 e. The van der Waals surface area contributed by atoms with Crippen molar-refractivity contribution in [3.05, 3.63) is 22.5 Å². The van der Waals surface area contributed by atoms with Gasteiger partial charge < -0.3 is 14.8 Å². The topological polar surface area (TPSA) is 81.7 Å². The van der Waals surface area contributed by atoms with Crippen molar-refractivity contribution in [1.29, 1.82) is 0 Å². The van der Waals surface area contributed by atoms with Crippen LogP contribution >= 0.6 is 0 Å². The van der Waals surface area contributed by atoms with Crippen molar-refractivity contribution >= 4 is 22.7 Å². The van der Waals surface area contributed by atoms with E-state index in [1.807, 2.05) is 0 Å². The van der Waals surface area contributed by atoms with Gasteiger partial charge in [-0.1, -0.05) is 0 Å². The molecule has 0 bridgehead atoms. The lowest BCUT2D eigenvalue weighted by molar-refractivity contribution is -0.151. The van der Waals surface area contributed by atoms with Crippen molar-refractivity contribution in [3.8, 4) is 0 Å². The molecule has 27 heavy (non-hydrogen) atoms. The van der Waals surface area contributed by atoms with Crippen LogP contribution in [0.5, 0.6) is 0 Å². The Balaban J connectivity index is 3.35. The zero-order chi connectivity index (χ0) is 21.2. The van der Waals surface area contributed by atoms with Crippen LogP contribution < -0.4 is 5.32 Å². The standard InChI is InChI=1S/C20H33NO5S/c1-12-15(17(22)25-19(3,4)5)14(10-11-27(9)24)16(13(2)21-12)18(23)26-20(6,7)8/h14,21H,10-11H2,1-9H3. The van der Waals surface area contributed by atoms with Crippen molar-refractivity contribution in [1.82, 2.24) is 5.32 Å². The number of carbonyl (C=O) groups excluding carboxylic acids is 2. The first-order chi connectivity index (χ1) is 12.1. The fourth-order valence-electron chi connectivity index (χ4n) is 2.91. The number of carbonyl (C=O) groups is 2. The molecule has 7 heteroatoms. The molecule has 0 aliphatic carbocycles. The van der Waals surface area contributed by atoms with Crippen LogP contribution in [0.1, 0.15) is 61.8 Å². The van der Waals surface area contributed by atoms with Crippen molar-refractivity contribution in [2.24, 2.45) is 5.92 Å². The first-order valence-electron chi connectivity index (χ1n) is 9.07. The Hall–Kier alpha value is -1.63. The van der Waals surface area contributed by atoms with E-state index in [0.29, 0.717) is 34.7 Å². The van der Waals surface area contributed by atoms with Crippen molar-refractivity contribution in [2.45, 2.75) is 73.0 Å². The van der Waals surface area contributed by atoms with Crippen LogP contribution in [0, 0.1) is 5.92 Å². The molecular formula is C20H33NO5S. The van der Waals surface area contributed by atoms with Gasteiger partial charge in [-0.15, -0.1) is 0 Å². The molecule has 1 atom stereocenters. The number of nitrogens with one attached hydrogen (secondary N) is 1. The molecule has 1 heterocycles. The molecule has 0 aromatic heterocycles. The van der Waals surface area contributed by atoms with E-state index in [-0.39, 0.29) is 0 Å². The van der Waals surface area contributed by atoms with Gasteiger partial charge in [-0.3, -0.25) is 4.21 Å². The van der Waals surface area contributed by atoms with Crippen LogP contribution in [0.4, 0.5) is 0 Å². The molecule has 0 saturated carbocycles. The Labute approximate surface area is 165 Å². The van der Waals surface area contributed by atoms with E-state index < -0.39 is 39.9 Å². The molecule has 0 radical (unpaired) electrons. The molecule has 1 rings (SSSR count). The molecule has 0 aromatic carbocycles. The predicted molar refractivity (Wildman–Crippen MR) is 107 cm³/mol. The zero-order valence-electron chi connectivity index (χ0n) is 17.9. The summed E-state index contributed by atoms with van der Waals surface area (Å²) >= 11 is 0. The number of esters is 2. The van der Waals surface area contributed by atoms with Crippen LogP contribution in [-0.4, -0.2) is 39.4 Å². The molecule has 1 unspecified atom stereocenters. The van der Waals surface area contributed by atoms with Crippen LogP contribution in [-0.2, 0) is 29.9 Å². The van der Waals surface area contributed by atoms with Gasteiger partial charge in [0.1, 0.15) is 11.2 Å². The van der Waals surface area contributed by atoms with Crippen LogP contribution in [0.3, 0.4) is 0 Å². The van der Waals surface area contributed by atoms with E-state index in [1.165, 1.54) is 0 Å². The van der Waals surface area contributed by atoms with Gasteiger partial charge in [-0.05, 0) is 61.8 Å². The Kier molecular flexibility index (Phi) is 7.45. The zero-order valence-corrected chi connectivity index (χ0v) is 18.8. The molecular weight excluding hydrogens is 366 g/mol. The summed E-state index contributed by atoms with van der Waals surface area (Å²) in [5.74, 6) is -1.12. The van der Waals surface area contributed by atoms with E-state index in [4.69, 9.17) is 9.47 Å². The third-order valence-corrected chi connectivity index (χ3v) is 4.62. The van der Waals surface area contributed by atoms with Gasteiger partial charge in [-0.2, -0.15) is 0 Å². The summed E-state index contributed by atoms with van der Waals surface area (Å²) in [6.45, 7) is 14.3. The molecule has 0 spiro atoms. The second-order valence-electron chi connectivity index (χ2n) is 8.82. The fraction of sp³-hybridized carbons (Fsp3) is 0.700. The molecule has 1 aliphatic rings. The average Bonchev–Trinajstić information content (AvgIpc) is 2.39. The number of ether oxygens (including phenoxy) is 2. The highest BCUT2D eigenvalue weighted by atomic mass is 32.2. The lowest BCUT2D eigenvalue weighted by Gasteiger charge is -2.33. The van der Waals surface area contributed by atoms with Gasteiger partial charge in [-0.25, -0.2) is 9.59 Å². The molecule has 154 valence electrons. The number of hydrogen-bond donors (Lipinski definition) is 1. The highest BCUT2D eigenvalue weighted by Crippen LogP contribution is 2.35. The summed E-state index contributed by atoms with van der Waals surface area (Å²) < 4.78 is 22.8. The minimum Gasteiger partial charge on any atom is -0.457 e. The van der Waals surface area contributed by atoms with Gasteiger partial charge in [0.2, 0.25) is 0 Å². The average molecular weight is 400 g/mol. The van der Waals surface area contributed by atoms with Gasteiger partial charge in [0.05, 0.1) is 11.1 Å². The van der Waals surface area contributed by atoms with Crippen molar-refractivity contribution < 1.29 is 23.3 Å². The molecule has 0 fully saturated rings. The van der Waals surface area contributed by atoms with Gasteiger partial charge in [0.15, 0.2) is 0 Å². The highest BCUT2D eigenvalue weighted by molar-refractivity contribution is 7.84. The van der Waals surface area contributed by atoms with E-state index in [2.05, 4.69) is 5.32 Å². The molecule has 6 nitrogen and oxygen atoms in total. The normalized spacial score (nSPS) is 17.5. The van der Waals surface area contributed by atoms with E-state index in [0.717, 1.165) is 0 Å². The van der Waals surface area contributed by atoms with Gasteiger partial charge in [0.25, 0.3) is 0 Å². The SMILES string of the molecule is CC1=C(C(=O)OC(C)(C)C)C(CCS(C)=O)C(C(=O)OC(C)(C)C)=C(C)N1. The predicted octanol–water partition coefficient (Wildman–Crippen LogP) is 3.21. The molecule has 1 N–H and O–H groups in total. The van der Waals surface area contributed by atoms with Crippen molar-refractivity contribution in [2.75, 3.05) is 12.0 Å². The maximum Gasteiger partial charge on any atom is 0.336 e. The third kappa shape index (κ3) is 7.13. The monoisotopic (exact) mass is 399 g/mol. The number of allylic oxidation sites excluding steroid dienone is 2. The molecule has 0 amide bonds. The fourth-order valence-corrected chi connectivity index (χ4v) is 3.48. The number of dihydropyridines is 1. The summed E-state index contributed by atoms with van der Waals surface area (Å²) in [6.07, 6.45) is 2.00. The Morgan fingerprint density at radius 2 is 1.30 bits per heavy atom. The summed E-state index contributed by atoms with van der Waals surface area (Å²) in [5, 5.41) is 3.11. The first kappa shape index (κ1) is 23.4. The minimum absolute atomic E-state index is 0.365. The van der Waals surface area contributed by atoms with E-state index in [9.17, 15) is 13.8 Å². The summed E-state index contributed by atoms with van der Waals surface area (Å²) in [5.41, 5.74) is 0.737. The minimum atomic E-state index is -1.05. The van der Waals surface area contributed by atoms with Crippen LogP contribution in [0.2, 0.25) is 0 Å². The highest BCUT2D eigenvalue weighted by Gasteiger charge is 2.38. The van der Waals surface area contributed by atoms with Gasteiger partial charge >= 0.3 is 11.9 Å². The summed E-state index contributed by atoms with van der Waals surface area (Å²) in [6, 6.07) is 0. The second-order valence-corrected chi connectivity index (χ2v) is 10.4. The maximum absolute atomic E-state index is 12.9. The van der Waals surface area contributed by atoms with E-state index in [1.54, 1.807) is 61.6 Å². The summed E-state index contributed by atoms with van der Waals surface area (Å²) in [4.78, 5) is 25.7. The number of rotatable bonds is 5.